The van der Waals surface area contributed by atoms with Crippen LogP contribution in [0.15, 0.2) is 65.6 Å². The van der Waals surface area contributed by atoms with Crippen molar-refractivity contribution in [1.82, 2.24) is 20.1 Å². The minimum absolute atomic E-state index is 0.304. The van der Waals surface area contributed by atoms with Gasteiger partial charge in [-0.3, -0.25) is 0 Å². The lowest BCUT2D eigenvalue weighted by atomic mass is 10.2. The van der Waals surface area contributed by atoms with Crippen LogP contribution in [0, 0.1) is 0 Å². The molecule has 0 aliphatic heterocycles. The third kappa shape index (κ3) is 3.58. The Labute approximate surface area is 160 Å². The number of halogens is 1. The minimum atomic E-state index is 0.304. The Hall–Kier alpha value is -3.45. The van der Waals surface area contributed by atoms with Crippen LogP contribution in [0.5, 0.6) is 5.75 Å². The van der Waals surface area contributed by atoms with Crippen molar-refractivity contribution in [3.8, 4) is 28.6 Å². The molecule has 2 aromatic carbocycles. The van der Waals surface area contributed by atoms with E-state index in [1.54, 1.807) is 31.5 Å². The van der Waals surface area contributed by atoms with Gasteiger partial charge in [-0.25, -0.2) is 9.97 Å². The van der Waals surface area contributed by atoms with Gasteiger partial charge in [0.2, 0.25) is 5.82 Å². The number of nitrogens with zero attached hydrogens (tertiary/aromatic N) is 4. The number of anilines is 2. The number of rotatable bonds is 5. The molecule has 134 valence electrons. The summed E-state index contributed by atoms with van der Waals surface area (Å²) in [7, 11) is 1.58. The van der Waals surface area contributed by atoms with Gasteiger partial charge in [-0.1, -0.05) is 47.1 Å². The number of ether oxygens (including phenoxy) is 1. The van der Waals surface area contributed by atoms with Gasteiger partial charge in [0.25, 0.3) is 5.89 Å². The van der Waals surface area contributed by atoms with Crippen molar-refractivity contribution in [2.45, 2.75) is 0 Å². The Morgan fingerprint density at radius 1 is 1.11 bits per heavy atom. The fraction of sp³-hybridized carbons (Fsp3) is 0.0526. The van der Waals surface area contributed by atoms with E-state index in [1.807, 2.05) is 30.3 Å². The molecule has 0 aliphatic rings. The van der Waals surface area contributed by atoms with Gasteiger partial charge in [-0.05, 0) is 18.2 Å². The third-order valence-corrected chi connectivity index (χ3v) is 4.05. The Kier molecular flexibility index (Phi) is 4.67. The maximum absolute atomic E-state index is 6.10. The first-order chi connectivity index (χ1) is 13.2. The summed E-state index contributed by atoms with van der Waals surface area (Å²) in [5.41, 5.74) is 2.08. The predicted molar refractivity (Wildman–Crippen MR) is 102 cm³/mol. The van der Waals surface area contributed by atoms with E-state index in [0.29, 0.717) is 39.6 Å². The standard InChI is InChI=1S/C19H14ClN5O2/c1-26-16-8-7-13(20)9-15(16)23-18-14(10-21-11-22-18)19-24-17(25-27-19)12-5-3-2-4-6-12/h2-11H,1H3,(H,21,22,23). The second-order valence-electron chi connectivity index (χ2n) is 5.54. The average molecular weight is 380 g/mol. The first-order valence-electron chi connectivity index (χ1n) is 8.04. The van der Waals surface area contributed by atoms with Crippen LogP contribution in [0.1, 0.15) is 0 Å². The Morgan fingerprint density at radius 3 is 2.78 bits per heavy atom. The third-order valence-electron chi connectivity index (χ3n) is 3.82. The van der Waals surface area contributed by atoms with Crippen LogP contribution in [0.2, 0.25) is 5.02 Å². The van der Waals surface area contributed by atoms with Crippen molar-refractivity contribution in [3.05, 3.63) is 66.1 Å². The molecule has 0 aliphatic carbocycles. The fourth-order valence-electron chi connectivity index (χ4n) is 2.53. The molecule has 0 spiro atoms. The van der Waals surface area contributed by atoms with Gasteiger partial charge in [0.1, 0.15) is 23.5 Å². The van der Waals surface area contributed by atoms with E-state index in [2.05, 4.69) is 25.4 Å². The van der Waals surface area contributed by atoms with Crippen LogP contribution in [-0.2, 0) is 0 Å². The molecule has 0 unspecified atom stereocenters. The summed E-state index contributed by atoms with van der Waals surface area (Å²) in [6.45, 7) is 0. The highest BCUT2D eigenvalue weighted by molar-refractivity contribution is 6.31. The monoisotopic (exact) mass is 379 g/mol. The molecule has 0 bridgehead atoms. The molecule has 0 atom stereocenters. The number of methoxy groups -OCH3 is 1. The summed E-state index contributed by atoms with van der Waals surface area (Å²) >= 11 is 6.10. The van der Waals surface area contributed by atoms with Crippen LogP contribution in [0.3, 0.4) is 0 Å². The summed E-state index contributed by atoms with van der Waals surface area (Å²) in [5.74, 6) is 1.91. The van der Waals surface area contributed by atoms with Crippen LogP contribution < -0.4 is 10.1 Å². The zero-order valence-electron chi connectivity index (χ0n) is 14.3. The molecule has 2 aromatic heterocycles. The average Bonchev–Trinajstić information content (AvgIpc) is 3.19. The Bertz CT molecular complexity index is 1070. The molecule has 4 aromatic rings. The molecule has 0 saturated carbocycles. The largest absolute Gasteiger partial charge is 0.495 e. The quantitative estimate of drug-likeness (QED) is 0.542. The van der Waals surface area contributed by atoms with Gasteiger partial charge < -0.3 is 14.6 Å². The highest BCUT2D eigenvalue weighted by Gasteiger charge is 2.17. The zero-order chi connectivity index (χ0) is 18.6. The molecule has 8 heteroatoms. The molecule has 2 heterocycles. The molecule has 27 heavy (non-hydrogen) atoms. The zero-order valence-corrected chi connectivity index (χ0v) is 15.0. The maximum Gasteiger partial charge on any atom is 0.263 e. The van der Waals surface area contributed by atoms with Crippen molar-refractivity contribution in [2.75, 3.05) is 12.4 Å². The van der Waals surface area contributed by atoms with Gasteiger partial charge >= 0.3 is 0 Å². The van der Waals surface area contributed by atoms with E-state index in [4.69, 9.17) is 20.9 Å². The molecule has 0 saturated heterocycles. The van der Waals surface area contributed by atoms with Crippen molar-refractivity contribution in [3.63, 3.8) is 0 Å². The second kappa shape index (κ2) is 7.43. The summed E-state index contributed by atoms with van der Waals surface area (Å²) < 4.78 is 10.8. The smallest absolute Gasteiger partial charge is 0.263 e. The van der Waals surface area contributed by atoms with Gasteiger partial charge in [0, 0.05) is 16.8 Å². The molecule has 0 fully saturated rings. The van der Waals surface area contributed by atoms with Crippen molar-refractivity contribution < 1.29 is 9.26 Å². The molecular weight excluding hydrogens is 366 g/mol. The topological polar surface area (TPSA) is 86.0 Å². The SMILES string of the molecule is COc1ccc(Cl)cc1Nc1ncncc1-c1nc(-c2ccccc2)no1. The van der Waals surface area contributed by atoms with Gasteiger partial charge in [-0.15, -0.1) is 0 Å². The lowest BCUT2D eigenvalue weighted by Gasteiger charge is -2.12. The van der Waals surface area contributed by atoms with E-state index in [-0.39, 0.29) is 0 Å². The summed E-state index contributed by atoms with van der Waals surface area (Å²) in [6, 6.07) is 14.8. The van der Waals surface area contributed by atoms with E-state index < -0.39 is 0 Å². The van der Waals surface area contributed by atoms with E-state index >= 15 is 0 Å². The molecule has 1 N–H and O–H groups in total. The normalized spacial score (nSPS) is 10.6. The van der Waals surface area contributed by atoms with Crippen molar-refractivity contribution in [2.24, 2.45) is 0 Å². The van der Waals surface area contributed by atoms with E-state index in [1.165, 1.54) is 6.33 Å². The predicted octanol–water partition coefficient (Wildman–Crippen LogP) is 4.60. The number of hydrogen-bond acceptors (Lipinski definition) is 7. The van der Waals surface area contributed by atoms with Crippen LogP contribution >= 0.6 is 11.6 Å². The van der Waals surface area contributed by atoms with Crippen molar-refractivity contribution in [1.29, 1.82) is 0 Å². The van der Waals surface area contributed by atoms with Crippen LogP contribution in [-0.4, -0.2) is 27.2 Å². The van der Waals surface area contributed by atoms with Gasteiger partial charge in [0.05, 0.1) is 12.8 Å². The maximum atomic E-state index is 6.10. The molecule has 0 amide bonds. The number of nitrogens with one attached hydrogen (secondary N) is 1. The molecule has 0 radical (unpaired) electrons. The fourth-order valence-corrected chi connectivity index (χ4v) is 2.70. The van der Waals surface area contributed by atoms with E-state index in [0.717, 1.165) is 5.56 Å². The highest BCUT2D eigenvalue weighted by Crippen LogP contribution is 2.33. The van der Waals surface area contributed by atoms with Gasteiger partial charge in [0.15, 0.2) is 0 Å². The number of hydrogen-bond donors (Lipinski definition) is 1. The number of aromatic nitrogens is 4. The van der Waals surface area contributed by atoms with E-state index in [9.17, 15) is 0 Å². The minimum Gasteiger partial charge on any atom is -0.495 e. The lowest BCUT2D eigenvalue weighted by molar-refractivity contribution is 0.417. The van der Waals surface area contributed by atoms with Gasteiger partial charge in [-0.2, -0.15) is 4.98 Å². The van der Waals surface area contributed by atoms with Crippen LogP contribution in [0.4, 0.5) is 11.5 Å². The lowest BCUT2D eigenvalue weighted by Crippen LogP contribution is -1.99. The summed E-state index contributed by atoms with van der Waals surface area (Å²) in [6.07, 6.45) is 3.03. The second-order valence-corrected chi connectivity index (χ2v) is 5.98. The molecular formula is C19H14ClN5O2. The van der Waals surface area contributed by atoms with Crippen molar-refractivity contribution >= 4 is 23.1 Å². The first kappa shape index (κ1) is 17.0. The first-order valence-corrected chi connectivity index (χ1v) is 8.42. The number of benzene rings is 2. The Morgan fingerprint density at radius 2 is 1.96 bits per heavy atom. The highest BCUT2D eigenvalue weighted by atomic mass is 35.5. The van der Waals surface area contributed by atoms with Crippen LogP contribution in [0.25, 0.3) is 22.8 Å². The summed E-state index contributed by atoms with van der Waals surface area (Å²) in [4.78, 5) is 12.8. The molecule has 7 nitrogen and oxygen atoms in total. The Balaban J connectivity index is 1.71. The molecule has 4 rings (SSSR count). The summed E-state index contributed by atoms with van der Waals surface area (Å²) in [5, 5.41) is 7.80.